The Morgan fingerprint density at radius 2 is 2.14 bits per heavy atom. The number of aromatic nitrogens is 1. The Hall–Kier alpha value is -0.810. The molecule has 3 N–H and O–H groups in total. The summed E-state index contributed by atoms with van der Waals surface area (Å²) in [4.78, 5) is 5.18. The minimum absolute atomic E-state index is 0.444. The zero-order chi connectivity index (χ0) is 15.1. The van der Waals surface area contributed by atoms with Gasteiger partial charge in [0.1, 0.15) is 10.8 Å². The van der Waals surface area contributed by atoms with Crippen LogP contribution in [0.4, 0.5) is 5.82 Å². The first-order valence-corrected chi connectivity index (χ1v) is 9.58. The molecule has 0 aromatic carbocycles. The molecule has 1 heterocycles. The smallest absolute Gasteiger partial charge is 0.136 e. The monoisotopic (exact) mass is 323 g/mol. The van der Waals surface area contributed by atoms with Crippen LogP contribution in [0.5, 0.6) is 0 Å². The summed E-state index contributed by atoms with van der Waals surface area (Å²) < 4.78 is 0. The fourth-order valence-corrected chi connectivity index (χ4v) is 3.37. The van der Waals surface area contributed by atoms with Gasteiger partial charge in [0.05, 0.1) is 5.56 Å². The standard InChI is InChI=1S/C16H25N3S2/c1-21-10-5-3-2-4-9-18-16-13(15(17)20)11-12-7-6-8-14(12)19-16/h11H,2-10H2,1H3,(H2,17,20)(H,18,19). The topological polar surface area (TPSA) is 50.9 Å². The first kappa shape index (κ1) is 16.6. The van der Waals surface area contributed by atoms with Crippen LogP contribution in [0, 0.1) is 0 Å². The van der Waals surface area contributed by atoms with E-state index in [1.165, 1.54) is 49.1 Å². The number of nitrogens with one attached hydrogen (secondary N) is 1. The number of thioether (sulfide) groups is 1. The van der Waals surface area contributed by atoms with Gasteiger partial charge in [-0.1, -0.05) is 25.1 Å². The molecular weight excluding hydrogens is 298 g/mol. The first-order valence-electron chi connectivity index (χ1n) is 7.77. The third-order valence-electron chi connectivity index (χ3n) is 3.88. The van der Waals surface area contributed by atoms with Crippen molar-refractivity contribution >= 4 is 34.8 Å². The summed E-state index contributed by atoms with van der Waals surface area (Å²) in [6.45, 7) is 0.945. The van der Waals surface area contributed by atoms with E-state index in [-0.39, 0.29) is 0 Å². The predicted molar refractivity (Wildman–Crippen MR) is 97.5 cm³/mol. The van der Waals surface area contributed by atoms with Gasteiger partial charge in [-0.25, -0.2) is 4.98 Å². The van der Waals surface area contributed by atoms with Crippen LogP contribution in [0.25, 0.3) is 0 Å². The van der Waals surface area contributed by atoms with E-state index in [1.807, 2.05) is 11.8 Å². The van der Waals surface area contributed by atoms with Gasteiger partial charge in [0, 0.05) is 12.2 Å². The van der Waals surface area contributed by atoms with Crippen LogP contribution in [0.3, 0.4) is 0 Å². The third-order valence-corrected chi connectivity index (χ3v) is 4.80. The van der Waals surface area contributed by atoms with E-state index in [4.69, 9.17) is 22.9 Å². The summed E-state index contributed by atoms with van der Waals surface area (Å²) in [5.74, 6) is 2.15. The van der Waals surface area contributed by atoms with Crippen molar-refractivity contribution in [2.75, 3.05) is 23.9 Å². The van der Waals surface area contributed by atoms with E-state index in [0.29, 0.717) is 4.99 Å². The van der Waals surface area contributed by atoms with Crippen LogP contribution in [0.2, 0.25) is 0 Å². The van der Waals surface area contributed by atoms with Gasteiger partial charge in [-0.3, -0.25) is 0 Å². The number of rotatable bonds is 9. The van der Waals surface area contributed by atoms with Crippen LogP contribution in [-0.4, -0.2) is 28.5 Å². The molecule has 0 atom stereocenters. The number of hydrogen-bond acceptors (Lipinski definition) is 4. The number of nitrogens with two attached hydrogens (primary N) is 1. The van der Waals surface area contributed by atoms with Crippen molar-refractivity contribution < 1.29 is 0 Å². The molecule has 1 aromatic heterocycles. The van der Waals surface area contributed by atoms with E-state index < -0.39 is 0 Å². The van der Waals surface area contributed by atoms with Crippen molar-refractivity contribution in [2.45, 2.75) is 44.9 Å². The van der Waals surface area contributed by atoms with Gasteiger partial charge in [-0.2, -0.15) is 11.8 Å². The van der Waals surface area contributed by atoms with Gasteiger partial charge in [-0.15, -0.1) is 0 Å². The molecule has 0 radical (unpaired) electrons. The second-order valence-corrected chi connectivity index (χ2v) is 6.97. The van der Waals surface area contributed by atoms with Crippen LogP contribution in [0.1, 0.15) is 48.9 Å². The van der Waals surface area contributed by atoms with Crippen LogP contribution >= 0.6 is 24.0 Å². The molecule has 116 valence electrons. The Kier molecular flexibility index (Phi) is 6.77. The van der Waals surface area contributed by atoms with Gasteiger partial charge < -0.3 is 11.1 Å². The summed E-state index contributed by atoms with van der Waals surface area (Å²) in [5.41, 5.74) is 9.29. The highest BCUT2D eigenvalue weighted by Crippen LogP contribution is 2.25. The highest BCUT2D eigenvalue weighted by Gasteiger charge is 2.17. The Balaban J connectivity index is 1.86. The molecule has 0 saturated carbocycles. The largest absolute Gasteiger partial charge is 0.389 e. The minimum atomic E-state index is 0.444. The molecule has 1 aliphatic rings. The number of hydrogen-bond donors (Lipinski definition) is 2. The molecule has 5 heteroatoms. The predicted octanol–water partition coefficient (Wildman–Crippen LogP) is 3.54. The lowest BCUT2D eigenvalue weighted by molar-refractivity contribution is 0.688. The Morgan fingerprint density at radius 3 is 2.90 bits per heavy atom. The summed E-state index contributed by atoms with van der Waals surface area (Å²) in [5, 5.41) is 3.43. The Morgan fingerprint density at radius 1 is 1.33 bits per heavy atom. The number of unbranched alkanes of at least 4 members (excludes halogenated alkanes) is 3. The van der Waals surface area contributed by atoms with E-state index >= 15 is 0 Å². The SMILES string of the molecule is CSCCCCCCNc1nc2c(cc1C(N)=S)CCC2. The fraction of sp³-hybridized carbons (Fsp3) is 0.625. The molecule has 3 nitrogen and oxygen atoms in total. The number of pyridine rings is 1. The van der Waals surface area contributed by atoms with Crippen LogP contribution in [0.15, 0.2) is 6.07 Å². The number of nitrogens with zero attached hydrogens (tertiary/aromatic N) is 1. The van der Waals surface area contributed by atoms with Gasteiger partial charge in [0.2, 0.25) is 0 Å². The van der Waals surface area contributed by atoms with Crippen molar-refractivity contribution in [3.8, 4) is 0 Å². The highest BCUT2D eigenvalue weighted by atomic mass is 32.2. The second kappa shape index (κ2) is 8.59. The summed E-state index contributed by atoms with van der Waals surface area (Å²) >= 11 is 7.09. The van der Waals surface area contributed by atoms with Crippen molar-refractivity contribution in [3.05, 3.63) is 22.9 Å². The molecule has 1 aromatic rings. The zero-order valence-electron chi connectivity index (χ0n) is 12.8. The molecule has 0 aliphatic heterocycles. The zero-order valence-corrected chi connectivity index (χ0v) is 14.4. The number of aryl methyl sites for hydroxylation is 2. The minimum Gasteiger partial charge on any atom is -0.389 e. The molecular formula is C16H25N3S2. The molecule has 0 spiro atoms. The van der Waals surface area contributed by atoms with E-state index in [0.717, 1.165) is 30.8 Å². The van der Waals surface area contributed by atoms with Gasteiger partial charge in [-0.05, 0) is 55.7 Å². The average Bonchev–Trinajstić information content (AvgIpc) is 2.92. The maximum atomic E-state index is 5.84. The van der Waals surface area contributed by atoms with Crippen molar-refractivity contribution in [2.24, 2.45) is 5.73 Å². The molecule has 0 fully saturated rings. The van der Waals surface area contributed by atoms with Crippen LogP contribution < -0.4 is 11.1 Å². The van der Waals surface area contributed by atoms with Crippen molar-refractivity contribution in [3.63, 3.8) is 0 Å². The summed E-state index contributed by atoms with van der Waals surface area (Å²) in [6.07, 6.45) is 10.6. The van der Waals surface area contributed by atoms with E-state index in [1.54, 1.807) is 0 Å². The number of anilines is 1. The average molecular weight is 324 g/mol. The summed E-state index contributed by atoms with van der Waals surface area (Å²) in [7, 11) is 0. The van der Waals surface area contributed by atoms with E-state index in [9.17, 15) is 0 Å². The lowest BCUT2D eigenvalue weighted by Gasteiger charge is -2.12. The maximum absolute atomic E-state index is 5.84. The van der Waals surface area contributed by atoms with Crippen LogP contribution in [-0.2, 0) is 12.8 Å². The first-order chi connectivity index (χ1) is 10.2. The number of thiocarbonyl (C=S) groups is 1. The third kappa shape index (κ3) is 4.85. The Bertz CT molecular complexity index is 489. The molecule has 21 heavy (non-hydrogen) atoms. The lowest BCUT2D eigenvalue weighted by Crippen LogP contribution is -2.16. The summed E-state index contributed by atoms with van der Waals surface area (Å²) in [6, 6.07) is 2.14. The molecule has 0 bridgehead atoms. The van der Waals surface area contributed by atoms with Crippen molar-refractivity contribution in [1.82, 2.24) is 4.98 Å². The fourth-order valence-electron chi connectivity index (χ4n) is 2.73. The number of fused-ring (bicyclic) bond motifs is 1. The highest BCUT2D eigenvalue weighted by molar-refractivity contribution is 7.98. The van der Waals surface area contributed by atoms with Crippen molar-refractivity contribution in [1.29, 1.82) is 0 Å². The molecule has 1 aliphatic carbocycles. The molecule has 0 amide bonds. The van der Waals surface area contributed by atoms with Gasteiger partial charge in [0.15, 0.2) is 0 Å². The second-order valence-electron chi connectivity index (χ2n) is 5.54. The maximum Gasteiger partial charge on any atom is 0.136 e. The quantitative estimate of drug-likeness (QED) is 0.538. The normalized spacial score (nSPS) is 13.2. The Labute approximate surface area is 137 Å². The van der Waals surface area contributed by atoms with Gasteiger partial charge >= 0.3 is 0 Å². The van der Waals surface area contributed by atoms with Gasteiger partial charge in [0.25, 0.3) is 0 Å². The lowest BCUT2D eigenvalue weighted by atomic mass is 10.1. The van der Waals surface area contributed by atoms with E-state index in [2.05, 4.69) is 17.6 Å². The molecule has 0 unspecified atom stereocenters. The molecule has 0 saturated heterocycles. The molecule has 2 rings (SSSR count).